The standard InChI is InChI=1S/C16H9ClF2N6O/c17-15-10(19)7-21-16(22-15)12-6-14(11-3-5-26-24-11)25(23-12)8-13-9(18)2-1-4-20-13/h1-7H,8H2. The van der Waals surface area contributed by atoms with Crippen molar-refractivity contribution in [1.82, 2.24) is 29.9 Å². The van der Waals surface area contributed by atoms with Crippen LogP contribution >= 0.6 is 11.6 Å². The molecule has 0 atom stereocenters. The molecule has 0 amide bonds. The number of hydrogen-bond donors (Lipinski definition) is 0. The van der Waals surface area contributed by atoms with Crippen molar-refractivity contribution in [3.63, 3.8) is 0 Å². The Morgan fingerprint density at radius 2 is 2.00 bits per heavy atom. The smallest absolute Gasteiger partial charge is 0.181 e. The van der Waals surface area contributed by atoms with Crippen molar-refractivity contribution in [3.8, 4) is 22.9 Å². The fraction of sp³-hybridized carbons (Fsp3) is 0.0625. The van der Waals surface area contributed by atoms with E-state index in [1.54, 1.807) is 12.1 Å². The van der Waals surface area contributed by atoms with Gasteiger partial charge >= 0.3 is 0 Å². The zero-order valence-electron chi connectivity index (χ0n) is 13.0. The van der Waals surface area contributed by atoms with Crippen LogP contribution in [0.25, 0.3) is 22.9 Å². The van der Waals surface area contributed by atoms with E-state index in [0.717, 1.165) is 6.20 Å². The number of pyridine rings is 1. The first kappa shape index (κ1) is 16.3. The second-order valence-corrected chi connectivity index (χ2v) is 5.58. The summed E-state index contributed by atoms with van der Waals surface area (Å²) in [5.74, 6) is -1.07. The average molecular weight is 375 g/mol. The average Bonchev–Trinajstić information content (AvgIpc) is 3.29. The van der Waals surface area contributed by atoms with E-state index in [-0.39, 0.29) is 23.2 Å². The van der Waals surface area contributed by atoms with Crippen molar-refractivity contribution in [1.29, 1.82) is 0 Å². The molecule has 0 unspecified atom stereocenters. The highest BCUT2D eigenvalue weighted by Crippen LogP contribution is 2.25. The molecule has 0 bridgehead atoms. The molecular weight excluding hydrogens is 366 g/mol. The van der Waals surface area contributed by atoms with Crippen molar-refractivity contribution in [2.75, 3.05) is 0 Å². The lowest BCUT2D eigenvalue weighted by Gasteiger charge is -2.05. The Hall–Kier alpha value is -3.20. The van der Waals surface area contributed by atoms with Crippen molar-refractivity contribution in [2.24, 2.45) is 0 Å². The van der Waals surface area contributed by atoms with E-state index in [4.69, 9.17) is 16.1 Å². The molecule has 0 aliphatic heterocycles. The lowest BCUT2D eigenvalue weighted by Crippen LogP contribution is -2.07. The highest BCUT2D eigenvalue weighted by Gasteiger charge is 2.18. The quantitative estimate of drug-likeness (QED) is 0.509. The van der Waals surface area contributed by atoms with Crippen LogP contribution in [-0.4, -0.2) is 29.9 Å². The lowest BCUT2D eigenvalue weighted by atomic mass is 10.2. The minimum Gasteiger partial charge on any atom is -0.364 e. The van der Waals surface area contributed by atoms with E-state index < -0.39 is 11.6 Å². The van der Waals surface area contributed by atoms with Crippen LogP contribution in [0.2, 0.25) is 5.15 Å². The van der Waals surface area contributed by atoms with Gasteiger partial charge in [-0.15, -0.1) is 0 Å². The second-order valence-electron chi connectivity index (χ2n) is 5.22. The molecule has 4 heterocycles. The van der Waals surface area contributed by atoms with Gasteiger partial charge < -0.3 is 4.52 Å². The Bertz CT molecular complexity index is 1070. The van der Waals surface area contributed by atoms with Gasteiger partial charge in [0.15, 0.2) is 16.8 Å². The van der Waals surface area contributed by atoms with Gasteiger partial charge in [-0.3, -0.25) is 9.67 Å². The van der Waals surface area contributed by atoms with Gasteiger partial charge in [-0.05, 0) is 18.2 Å². The van der Waals surface area contributed by atoms with E-state index in [1.807, 2.05) is 0 Å². The summed E-state index contributed by atoms with van der Waals surface area (Å²) in [6.07, 6.45) is 3.85. The Morgan fingerprint density at radius 3 is 2.73 bits per heavy atom. The molecular formula is C16H9ClF2N6O. The van der Waals surface area contributed by atoms with Gasteiger partial charge in [0, 0.05) is 12.3 Å². The molecule has 10 heteroatoms. The lowest BCUT2D eigenvalue weighted by molar-refractivity contribution is 0.421. The third-order valence-corrected chi connectivity index (χ3v) is 3.81. The highest BCUT2D eigenvalue weighted by atomic mass is 35.5. The Morgan fingerprint density at radius 1 is 1.12 bits per heavy atom. The van der Waals surface area contributed by atoms with Crippen molar-refractivity contribution in [3.05, 3.63) is 65.4 Å². The van der Waals surface area contributed by atoms with Crippen LogP contribution in [0.1, 0.15) is 5.69 Å². The van der Waals surface area contributed by atoms with Gasteiger partial charge in [-0.2, -0.15) is 5.10 Å². The summed E-state index contributed by atoms with van der Waals surface area (Å²) in [6.45, 7) is 0.0454. The zero-order valence-corrected chi connectivity index (χ0v) is 13.7. The van der Waals surface area contributed by atoms with Crippen LogP contribution < -0.4 is 0 Å². The summed E-state index contributed by atoms with van der Waals surface area (Å²) in [7, 11) is 0. The first-order valence-electron chi connectivity index (χ1n) is 7.38. The molecule has 7 nitrogen and oxygen atoms in total. The first-order chi connectivity index (χ1) is 12.6. The van der Waals surface area contributed by atoms with Gasteiger partial charge in [0.2, 0.25) is 0 Å². The molecule has 0 spiro atoms. The van der Waals surface area contributed by atoms with Crippen LogP contribution in [-0.2, 0) is 6.54 Å². The van der Waals surface area contributed by atoms with E-state index >= 15 is 0 Å². The fourth-order valence-electron chi connectivity index (χ4n) is 2.34. The Labute approximate surface area is 150 Å². The third-order valence-electron chi connectivity index (χ3n) is 3.54. The summed E-state index contributed by atoms with van der Waals surface area (Å²) < 4.78 is 33.6. The highest BCUT2D eigenvalue weighted by molar-refractivity contribution is 6.29. The number of hydrogen-bond acceptors (Lipinski definition) is 6. The monoisotopic (exact) mass is 374 g/mol. The van der Waals surface area contributed by atoms with E-state index in [0.29, 0.717) is 17.1 Å². The number of halogens is 3. The molecule has 0 aliphatic carbocycles. The van der Waals surface area contributed by atoms with Crippen molar-refractivity contribution < 1.29 is 13.3 Å². The summed E-state index contributed by atoms with van der Waals surface area (Å²) in [5.41, 5.74) is 1.53. The van der Waals surface area contributed by atoms with Crippen molar-refractivity contribution >= 4 is 11.6 Å². The topological polar surface area (TPSA) is 82.5 Å². The molecule has 0 aliphatic rings. The summed E-state index contributed by atoms with van der Waals surface area (Å²) in [4.78, 5) is 11.8. The Balaban J connectivity index is 1.80. The zero-order chi connectivity index (χ0) is 18.1. The van der Waals surface area contributed by atoms with Gasteiger partial charge in [0.05, 0.1) is 24.1 Å². The number of aromatic nitrogens is 6. The minimum absolute atomic E-state index is 0.0454. The molecule has 0 N–H and O–H groups in total. The predicted octanol–water partition coefficient (Wildman–Crippen LogP) is 3.37. The predicted molar refractivity (Wildman–Crippen MR) is 87.0 cm³/mol. The van der Waals surface area contributed by atoms with Gasteiger partial charge in [0.1, 0.15) is 23.5 Å². The molecule has 4 rings (SSSR count). The molecule has 0 saturated heterocycles. The summed E-state index contributed by atoms with van der Waals surface area (Å²) >= 11 is 5.71. The van der Waals surface area contributed by atoms with E-state index in [9.17, 15) is 8.78 Å². The second kappa shape index (κ2) is 6.60. The fourth-order valence-corrected chi connectivity index (χ4v) is 2.47. The van der Waals surface area contributed by atoms with E-state index in [1.165, 1.54) is 29.3 Å². The molecule has 0 radical (unpaired) electrons. The molecule has 130 valence electrons. The molecule has 0 fully saturated rings. The first-order valence-corrected chi connectivity index (χ1v) is 7.76. The van der Waals surface area contributed by atoms with E-state index in [2.05, 4.69) is 25.2 Å². The molecule has 26 heavy (non-hydrogen) atoms. The minimum atomic E-state index is -0.734. The van der Waals surface area contributed by atoms with Crippen LogP contribution in [0.5, 0.6) is 0 Å². The maximum atomic E-state index is 14.0. The largest absolute Gasteiger partial charge is 0.364 e. The molecule has 4 aromatic heterocycles. The van der Waals surface area contributed by atoms with Crippen LogP contribution in [0.4, 0.5) is 8.78 Å². The maximum Gasteiger partial charge on any atom is 0.181 e. The van der Waals surface area contributed by atoms with Crippen LogP contribution in [0.15, 0.2) is 47.4 Å². The van der Waals surface area contributed by atoms with Crippen molar-refractivity contribution in [2.45, 2.75) is 6.54 Å². The molecule has 0 saturated carbocycles. The number of rotatable bonds is 4. The maximum absolute atomic E-state index is 14.0. The van der Waals surface area contributed by atoms with Crippen LogP contribution in [0.3, 0.4) is 0 Å². The van der Waals surface area contributed by atoms with Gasteiger partial charge in [-0.1, -0.05) is 16.8 Å². The SMILES string of the molecule is Fc1cnc(-c2cc(-c3ccon3)n(Cc3ncccc3F)n2)nc1Cl. The molecule has 4 aromatic rings. The third kappa shape index (κ3) is 3.04. The van der Waals surface area contributed by atoms with Crippen LogP contribution in [0, 0.1) is 11.6 Å². The normalized spacial score (nSPS) is 11.0. The van der Waals surface area contributed by atoms with Gasteiger partial charge in [0.25, 0.3) is 0 Å². The number of nitrogens with zero attached hydrogens (tertiary/aromatic N) is 6. The summed E-state index contributed by atoms with van der Waals surface area (Å²) in [6, 6.07) is 6.07. The van der Waals surface area contributed by atoms with Gasteiger partial charge in [-0.25, -0.2) is 18.7 Å². The summed E-state index contributed by atoms with van der Waals surface area (Å²) in [5, 5.41) is 7.92. The molecule has 0 aromatic carbocycles. The Kier molecular flexibility index (Phi) is 4.13.